The van der Waals surface area contributed by atoms with Gasteiger partial charge in [0.2, 0.25) is 0 Å². The smallest absolute Gasteiger partial charge is 0.271 e. The number of nitrogens with zero attached hydrogens (tertiary/aromatic N) is 4. The molecule has 0 radical (unpaired) electrons. The van der Waals surface area contributed by atoms with Crippen LogP contribution in [0.2, 0.25) is 0 Å². The van der Waals surface area contributed by atoms with Crippen molar-refractivity contribution in [2.24, 2.45) is 5.10 Å². The summed E-state index contributed by atoms with van der Waals surface area (Å²) in [6.45, 7) is 9.65. The summed E-state index contributed by atoms with van der Waals surface area (Å²) >= 11 is 0. The Balaban J connectivity index is 1.66. The fourth-order valence-electron chi connectivity index (χ4n) is 3.62. The number of nitro groups is 1. The molecule has 9 heteroatoms. The van der Waals surface area contributed by atoms with Crippen LogP contribution in [-0.4, -0.2) is 61.3 Å². The molecule has 1 fully saturated rings. The second-order valence-corrected chi connectivity index (χ2v) is 7.46. The van der Waals surface area contributed by atoms with E-state index in [9.17, 15) is 14.9 Å². The van der Waals surface area contributed by atoms with Crippen LogP contribution in [0.25, 0.3) is 0 Å². The summed E-state index contributed by atoms with van der Waals surface area (Å²) in [5.41, 5.74) is 5.52. The second kappa shape index (κ2) is 11.4. The van der Waals surface area contributed by atoms with Crippen molar-refractivity contribution in [2.45, 2.75) is 20.4 Å². The molecule has 32 heavy (non-hydrogen) atoms. The first-order chi connectivity index (χ1) is 15.5. The van der Waals surface area contributed by atoms with Crippen LogP contribution in [0.4, 0.5) is 11.4 Å². The lowest BCUT2D eigenvalue weighted by Gasteiger charge is -2.26. The van der Waals surface area contributed by atoms with Gasteiger partial charge in [0, 0.05) is 61.7 Å². The SMILES string of the molecule is CCN(CC)c1ccc([N+](=O)[O-])cc1/C=N\NC(=O)c1ccc(CN2CCOCC2)cc1. The van der Waals surface area contributed by atoms with Gasteiger partial charge in [-0.05, 0) is 37.6 Å². The average Bonchev–Trinajstić information content (AvgIpc) is 2.81. The molecule has 1 N–H and O–H groups in total. The molecule has 170 valence electrons. The van der Waals surface area contributed by atoms with Gasteiger partial charge in [-0.3, -0.25) is 19.8 Å². The number of morpholine rings is 1. The lowest BCUT2D eigenvalue weighted by atomic mass is 10.1. The van der Waals surface area contributed by atoms with Gasteiger partial charge in [0.05, 0.1) is 24.4 Å². The van der Waals surface area contributed by atoms with Crippen molar-refractivity contribution in [3.05, 3.63) is 69.3 Å². The summed E-state index contributed by atoms with van der Waals surface area (Å²) in [5, 5.41) is 15.2. The molecule has 1 saturated heterocycles. The highest BCUT2D eigenvalue weighted by molar-refractivity contribution is 5.95. The minimum Gasteiger partial charge on any atom is -0.379 e. The van der Waals surface area contributed by atoms with Crippen molar-refractivity contribution in [1.82, 2.24) is 10.3 Å². The predicted molar refractivity (Wildman–Crippen MR) is 124 cm³/mol. The highest BCUT2D eigenvalue weighted by atomic mass is 16.6. The number of hydrazone groups is 1. The van der Waals surface area contributed by atoms with Gasteiger partial charge in [-0.25, -0.2) is 5.43 Å². The number of hydrogen-bond acceptors (Lipinski definition) is 7. The summed E-state index contributed by atoms with van der Waals surface area (Å²) in [6, 6.07) is 12.1. The molecule has 2 aromatic rings. The van der Waals surface area contributed by atoms with Gasteiger partial charge < -0.3 is 9.64 Å². The van der Waals surface area contributed by atoms with E-state index in [4.69, 9.17) is 4.74 Å². The van der Waals surface area contributed by atoms with Gasteiger partial charge in [-0.15, -0.1) is 0 Å². The molecule has 1 amide bonds. The molecule has 1 aliphatic heterocycles. The molecule has 3 rings (SSSR count). The number of ether oxygens (including phenoxy) is 1. The van der Waals surface area contributed by atoms with Gasteiger partial charge >= 0.3 is 0 Å². The zero-order valence-electron chi connectivity index (χ0n) is 18.5. The van der Waals surface area contributed by atoms with E-state index in [0.29, 0.717) is 11.1 Å². The van der Waals surface area contributed by atoms with E-state index in [1.54, 1.807) is 18.2 Å². The van der Waals surface area contributed by atoms with E-state index in [-0.39, 0.29) is 11.6 Å². The van der Waals surface area contributed by atoms with Crippen LogP contribution in [0.5, 0.6) is 0 Å². The number of hydrogen-bond donors (Lipinski definition) is 1. The van der Waals surface area contributed by atoms with Gasteiger partial charge in [-0.2, -0.15) is 5.10 Å². The number of nitrogens with one attached hydrogen (secondary N) is 1. The Morgan fingerprint density at radius 2 is 1.88 bits per heavy atom. The van der Waals surface area contributed by atoms with E-state index in [0.717, 1.165) is 57.2 Å². The van der Waals surface area contributed by atoms with Gasteiger partial charge in [0.1, 0.15) is 0 Å². The van der Waals surface area contributed by atoms with E-state index in [1.165, 1.54) is 18.3 Å². The molecule has 0 atom stereocenters. The molecule has 0 bridgehead atoms. The number of carbonyl (C=O) groups excluding carboxylic acids is 1. The van der Waals surface area contributed by atoms with Crippen molar-refractivity contribution in [3.8, 4) is 0 Å². The van der Waals surface area contributed by atoms with Gasteiger partial charge in [-0.1, -0.05) is 12.1 Å². The summed E-state index contributed by atoms with van der Waals surface area (Å²) in [7, 11) is 0. The largest absolute Gasteiger partial charge is 0.379 e. The first-order valence-corrected chi connectivity index (χ1v) is 10.8. The van der Waals surface area contributed by atoms with Crippen molar-refractivity contribution in [2.75, 3.05) is 44.3 Å². The van der Waals surface area contributed by atoms with Crippen LogP contribution >= 0.6 is 0 Å². The maximum atomic E-state index is 12.5. The minimum atomic E-state index is -0.444. The predicted octanol–water partition coefficient (Wildman–Crippen LogP) is 3.04. The highest BCUT2D eigenvalue weighted by Crippen LogP contribution is 2.24. The number of amides is 1. The number of rotatable bonds is 9. The van der Waals surface area contributed by atoms with Crippen molar-refractivity contribution < 1.29 is 14.5 Å². The average molecular weight is 440 g/mol. The first kappa shape index (κ1) is 23.4. The molecule has 0 aliphatic carbocycles. The number of benzene rings is 2. The van der Waals surface area contributed by atoms with Crippen LogP contribution in [0.15, 0.2) is 47.6 Å². The fourth-order valence-corrected chi connectivity index (χ4v) is 3.62. The molecule has 0 aromatic heterocycles. The van der Waals surface area contributed by atoms with Crippen LogP contribution in [0.3, 0.4) is 0 Å². The van der Waals surface area contributed by atoms with E-state index >= 15 is 0 Å². The molecule has 0 unspecified atom stereocenters. The first-order valence-electron chi connectivity index (χ1n) is 10.8. The van der Waals surface area contributed by atoms with E-state index in [1.807, 2.05) is 26.0 Å². The third-order valence-corrected chi connectivity index (χ3v) is 5.42. The Hall–Kier alpha value is -3.30. The summed E-state index contributed by atoms with van der Waals surface area (Å²) in [4.78, 5) is 27.6. The normalized spacial score (nSPS) is 14.4. The van der Waals surface area contributed by atoms with E-state index < -0.39 is 4.92 Å². The van der Waals surface area contributed by atoms with Gasteiger partial charge in [0.25, 0.3) is 11.6 Å². The molecular formula is C23H29N5O4. The lowest BCUT2D eigenvalue weighted by Crippen LogP contribution is -2.35. The molecule has 9 nitrogen and oxygen atoms in total. The maximum absolute atomic E-state index is 12.5. The van der Waals surface area contributed by atoms with Crippen LogP contribution < -0.4 is 10.3 Å². The monoisotopic (exact) mass is 439 g/mol. The Labute approximate surface area is 187 Å². The Morgan fingerprint density at radius 1 is 1.19 bits per heavy atom. The number of nitro benzene ring substituents is 1. The lowest BCUT2D eigenvalue weighted by molar-refractivity contribution is -0.384. The second-order valence-electron chi connectivity index (χ2n) is 7.46. The standard InChI is InChI=1S/C23H29N5O4/c1-3-27(4-2)22-10-9-21(28(30)31)15-20(22)16-24-25-23(29)19-7-5-18(6-8-19)17-26-11-13-32-14-12-26/h5-10,15-16H,3-4,11-14,17H2,1-2H3,(H,25,29)/b24-16-. The summed E-state index contributed by atoms with van der Waals surface area (Å²) in [6.07, 6.45) is 1.45. The summed E-state index contributed by atoms with van der Waals surface area (Å²) in [5.74, 6) is -0.339. The molecular weight excluding hydrogens is 410 g/mol. The maximum Gasteiger partial charge on any atom is 0.271 e. The van der Waals surface area contributed by atoms with Gasteiger partial charge in [0.15, 0.2) is 0 Å². The highest BCUT2D eigenvalue weighted by Gasteiger charge is 2.14. The van der Waals surface area contributed by atoms with Crippen LogP contribution in [0, 0.1) is 10.1 Å². The third kappa shape index (κ3) is 6.12. The summed E-state index contributed by atoms with van der Waals surface area (Å²) < 4.78 is 5.36. The number of anilines is 1. The van der Waals surface area contributed by atoms with Crippen LogP contribution in [0.1, 0.15) is 35.3 Å². The van der Waals surface area contributed by atoms with Crippen LogP contribution in [-0.2, 0) is 11.3 Å². The Bertz CT molecular complexity index is 951. The molecule has 0 spiro atoms. The fraction of sp³-hybridized carbons (Fsp3) is 0.391. The van der Waals surface area contributed by atoms with Crippen molar-refractivity contribution >= 4 is 23.5 Å². The third-order valence-electron chi connectivity index (χ3n) is 5.42. The van der Waals surface area contributed by atoms with Crippen molar-refractivity contribution in [3.63, 3.8) is 0 Å². The Kier molecular flexibility index (Phi) is 8.29. The zero-order valence-corrected chi connectivity index (χ0v) is 18.5. The molecule has 0 saturated carbocycles. The van der Waals surface area contributed by atoms with Crippen molar-refractivity contribution in [1.29, 1.82) is 0 Å². The minimum absolute atomic E-state index is 0.0236. The number of non-ortho nitro benzene ring substituents is 1. The van der Waals surface area contributed by atoms with E-state index in [2.05, 4.69) is 20.3 Å². The number of carbonyl (C=O) groups is 1. The Morgan fingerprint density at radius 3 is 2.50 bits per heavy atom. The quantitative estimate of drug-likeness (QED) is 0.366. The molecule has 1 aliphatic rings. The molecule has 1 heterocycles. The zero-order chi connectivity index (χ0) is 22.9. The topological polar surface area (TPSA) is 100 Å². The molecule has 2 aromatic carbocycles.